The van der Waals surface area contributed by atoms with Gasteiger partial charge in [-0.1, -0.05) is 19.9 Å². The maximum atomic E-state index is 12.7. The summed E-state index contributed by atoms with van der Waals surface area (Å²) in [5.41, 5.74) is 7.21. The molecule has 0 aliphatic carbocycles. The van der Waals surface area contributed by atoms with Crippen molar-refractivity contribution >= 4 is 11.6 Å². The Morgan fingerprint density at radius 3 is 2.85 bits per heavy atom. The topological polar surface area (TPSA) is 55.6 Å². The lowest BCUT2D eigenvalue weighted by molar-refractivity contribution is 0.0579. The Balaban J connectivity index is 2.27. The molecule has 0 atom stereocenters. The highest BCUT2D eigenvalue weighted by molar-refractivity contribution is 5.98. The number of piperidine rings is 1. The Morgan fingerprint density at radius 2 is 2.20 bits per heavy atom. The van der Waals surface area contributed by atoms with Gasteiger partial charge in [0.05, 0.1) is 17.9 Å². The van der Waals surface area contributed by atoms with Crippen LogP contribution in [0.1, 0.15) is 44.0 Å². The molecular weight excluding hydrogens is 252 g/mol. The predicted molar refractivity (Wildman–Crippen MR) is 80.9 cm³/mol. The van der Waals surface area contributed by atoms with E-state index in [-0.39, 0.29) is 11.3 Å². The second-order valence-electron chi connectivity index (χ2n) is 6.15. The number of likely N-dealkylation sites (tertiary alicyclic amines) is 1. The number of para-hydroxylation sites is 1. The van der Waals surface area contributed by atoms with Gasteiger partial charge in [0.1, 0.15) is 0 Å². The van der Waals surface area contributed by atoms with E-state index in [2.05, 4.69) is 13.8 Å². The first-order valence-electron chi connectivity index (χ1n) is 7.25. The van der Waals surface area contributed by atoms with E-state index in [9.17, 15) is 4.79 Å². The van der Waals surface area contributed by atoms with Crippen LogP contribution in [0.3, 0.4) is 0 Å². The van der Waals surface area contributed by atoms with Gasteiger partial charge in [-0.3, -0.25) is 4.79 Å². The lowest BCUT2D eigenvalue weighted by Gasteiger charge is -2.38. The van der Waals surface area contributed by atoms with Crippen LogP contribution in [0.4, 0.5) is 5.69 Å². The minimum atomic E-state index is 0.0218. The Bertz CT molecular complexity index is 497. The van der Waals surface area contributed by atoms with Crippen LogP contribution in [-0.2, 0) is 0 Å². The van der Waals surface area contributed by atoms with Gasteiger partial charge in [-0.15, -0.1) is 0 Å². The number of rotatable bonds is 3. The fraction of sp³-hybridized carbons (Fsp3) is 0.562. The first-order valence-corrected chi connectivity index (χ1v) is 7.25. The van der Waals surface area contributed by atoms with Gasteiger partial charge < -0.3 is 15.4 Å². The molecule has 1 heterocycles. The highest BCUT2D eigenvalue weighted by atomic mass is 16.5. The zero-order valence-electron chi connectivity index (χ0n) is 12.6. The summed E-state index contributed by atoms with van der Waals surface area (Å²) in [7, 11) is 0. The van der Waals surface area contributed by atoms with E-state index in [0.717, 1.165) is 25.9 Å². The summed E-state index contributed by atoms with van der Waals surface area (Å²) < 4.78 is 5.56. The Kier molecular flexibility index (Phi) is 4.21. The minimum Gasteiger partial charge on any atom is -0.491 e. The number of anilines is 1. The summed E-state index contributed by atoms with van der Waals surface area (Å²) in [6.45, 7) is 8.39. The minimum absolute atomic E-state index is 0.0218. The summed E-state index contributed by atoms with van der Waals surface area (Å²) >= 11 is 0. The maximum Gasteiger partial charge on any atom is 0.257 e. The van der Waals surface area contributed by atoms with Crippen LogP contribution in [0.25, 0.3) is 0 Å². The van der Waals surface area contributed by atoms with Gasteiger partial charge in [0.25, 0.3) is 5.91 Å². The molecule has 2 N–H and O–H groups in total. The number of benzene rings is 1. The third-order valence-electron chi connectivity index (χ3n) is 3.75. The van der Waals surface area contributed by atoms with Crippen molar-refractivity contribution in [2.24, 2.45) is 5.41 Å². The molecular formula is C16H24N2O2. The van der Waals surface area contributed by atoms with Crippen molar-refractivity contribution in [3.63, 3.8) is 0 Å². The van der Waals surface area contributed by atoms with Gasteiger partial charge >= 0.3 is 0 Å². The summed E-state index contributed by atoms with van der Waals surface area (Å²) in [4.78, 5) is 14.6. The largest absolute Gasteiger partial charge is 0.491 e. The Hall–Kier alpha value is -1.71. The van der Waals surface area contributed by atoms with E-state index in [1.165, 1.54) is 0 Å². The maximum absolute atomic E-state index is 12.7. The third-order valence-corrected chi connectivity index (χ3v) is 3.75. The summed E-state index contributed by atoms with van der Waals surface area (Å²) in [5.74, 6) is 0.539. The molecule has 4 heteroatoms. The quantitative estimate of drug-likeness (QED) is 0.864. The number of carbonyl (C=O) groups excluding carboxylic acids is 1. The van der Waals surface area contributed by atoms with E-state index in [1.807, 2.05) is 11.8 Å². The zero-order chi connectivity index (χ0) is 14.8. The summed E-state index contributed by atoms with van der Waals surface area (Å²) in [6, 6.07) is 5.37. The molecule has 1 amide bonds. The zero-order valence-corrected chi connectivity index (χ0v) is 12.6. The van der Waals surface area contributed by atoms with Gasteiger partial charge in [-0.25, -0.2) is 0 Å². The second-order valence-corrected chi connectivity index (χ2v) is 6.15. The van der Waals surface area contributed by atoms with Crippen molar-refractivity contribution in [1.82, 2.24) is 4.90 Å². The molecule has 0 bridgehead atoms. The number of hydrogen-bond donors (Lipinski definition) is 1. The fourth-order valence-electron chi connectivity index (χ4n) is 2.80. The Labute approximate surface area is 120 Å². The van der Waals surface area contributed by atoms with Crippen LogP contribution >= 0.6 is 0 Å². The Morgan fingerprint density at radius 1 is 1.45 bits per heavy atom. The number of amides is 1. The molecule has 1 fully saturated rings. The highest BCUT2D eigenvalue weighted by Gasteiger charge is 2.30. The van der Waals surface area contributed by atoms with Crippen molar-refractivity contribution in [3.05, 3.63) is 23.8 Å². The molecule has 0 spiro atoms. The van der Waals surface area contributed by atoms with Crippen molar-refractivity contribution in [2.75, 3.05) is 25.4 Å². The monoisotopic (exact) mass is 276 g/mol. The highest BCUT2D eigenvalue weighted by Crippen LogP contribution is 2.32. The smallest absolute Gasteiger partial charge is 0.257 e. The number of ether oxygens (including phenoxy) is 1. The molecule has 110 valence electrons. The van der Waals surface area contributed by atoms with Crippen LogP contribution in [0.2, 0.25) is 0 Å². The second kappa shape index (κ2) is 5.73. The average Bonchev–Trinajstić information content (AvgIpc) is 2.39. The molecule has 0 radical (unpaired) electrons. The van der Waals surface area contributed by atoms with Crippen molar-refractivity contribution in [2.45, 2.75) is 33.6 Å². The van der Waals surface area contributed by atoms with Gasteiger partial charge in [0, 0.05) is 13.1 Å². The van der Waals surface area contributed by atoms with E-state index < -0.39 is 0 Å². The molecule has 0 unspecified atom stereocenters. The fourth-order valence-corrected chi connectivity index (χ4v) is 2.80. The molecule has 1 aromatic carbocycles. The molecule has 4 nitrogen and oxygen atoms in total. The van der Waals surface area contributed by atoms with Crippen molar-refractivity contribution < 1.29 is 9.53 Å². The van der Waals surface area contributed by atoms with Crippen LogP contribution < -0.4 is 10.5 Å². The first kappa shape index (κ1) is 14.7. The van der Waals surface area contributed by atoms with Crippen LogP contribution in [0.5, 0.6) is 5.75 Å². The predicted octanol–water partition coefficient (Wildman–Crippen LogP) is 2.93. The first-order chi connectivity index (χ1) is 9.44. The van der Waals surface area contributed by atoms with Crippen molar-refractivity contribution in [3.8, 4) is 5.75 Å². The molecule has 1 saturated heterocycles. The molecule has 20 heavy (non-hydrogen) atoms. The van der Waals surface area contributed by atoms with Crippen molar-refractivity contribution in [1.29, 1.82) is 0 Å². The van der Waals surface area contributed by atoms with E-state index in [0.29, 0.717) is 23.6 Å². The molecule has 0 saturated carbocycles. The van der Waals surface area contributed by atoms with Crippen LogP contribution in [0.15, 0.2) is 18.2 Å². The molecule has 0 aromatic heterocycles. The van der Waals surface area contributed by atoms with Gasteiger partial charge in [0.2, 0.25) is 0 Å². The molecule has 1 aliphatic heterocycles. The number of nitrogen functional groups attached to an aromatic ring is 1. The van der Waals surface area contributed by atoms with E-state index in [4.69, 9.17) is 10.5 Å². The summed E-state index contributed by atoms with van der Waals surface area (Å²) in [5, 5.41) is 0. The molecule has 1 aliphatic rings. The van der Waals surface area contributed by atoms with Gasteiger partial charge in [0.15, 0.2) is 5.75 Å². The average molecular weight is 276 g/mol. The van der Waals surface area contributed by atoms with Gasteiger partial charge in [-0.05, 0) is 37.3 Å². The summed E-state index contributed by atoms with van der Waals surface area (Å²) in [6.07, 6.45) is 2.21. The lowest BCUT2D eigenvalue weighted by atomic mass is 9.84. The standard InChI is InChI=1S/C16H24N2O2/c1-4-20-14-12(7-5-8-13(14)17)15(19)18-10-6-9-16(2,3)11-18/h5,7-8H,4,6,9-11,17H2,1-3H3. The van der Waals surface area contributed by atoms with E-state index >= 15 is 0 Å². The normalized spacial score (nSPS) is 17.9. The molecule has 2 rings (SSSR count). The van der Waals surface area contributed by atoms with E-state index in [1.54, 1.807) is 18.2 Å². The van der Waals surface area contributed by atoms with Crippen LogP contribution in [-0.4, -0.2) is 30.5 Å². The molecule has 1 aromatic rings. The third kappa shape index (κ3) is 3.06. The van der Waals surface area contributed by atoms with Crippen LogP contribution in [0, 0.1) is 5.41 Å². The number of hydrogen-bond acceptors (Lipinski definition) is 3. The SMILES string of the molecule is CCOc1c(N)cccc1C(=O)N1CCCC(C)(C)C1. The lowest BCUT2D eigenvalue weighted by Crippen LogP contribution is -2.43. The number of nitrogens with zero attached hydrogens (tertiary/aromatic N) is 1. The number of nitrogens with two attached hydrogens (primary N) is 1. The number of carbonyl (C=O) groups is 1. The van der Waals surface area contributed by atoms with Gasteiger partial charge in [-0.2, -0.15) is 0 Å².